The van der Waals surface area contributed by atoms with Gasteiger partial charge >= 0.3 is 0 Å². The number of morpholine rings is 1. The third kappa shape index (κ3) is 4.74. The van der Waals surface area contributed by atoms with Crippen LogP contribution in [0.15, 0.2) is 53.1 Å². The third-order valence-electron chi connectivity index (χ3n) is 5.01. The van der Waals surface area contributed by atoms with E-state index in [4.69, 9.17) is 9.15 Å². The van der Waals surface area contributed by atoms with Crippen molar-refractivity contribution in [2.45, 2.75) is 31.7 Å². The van der Waals surface area contributed by atoms with Crippen molar-refractivity contribution in [3.8, 4) is 0 Å². The first-order valence-corrected chi connectivity index (χ1v) is 9.24. The monoisotopic (exact) mass is 356 g/mol. The van der Waals surface area contributed by atoms with E-state index in [1.54, 1.807) is 6.26 Å². The highest BCUT2D eigenvalue weighted by atomic mass is 16.5. The summed E-state index contributed by atoms with van der Waals surface area (Å²) in [5.41, 5.74) is 0.968. The van der Waals surface area contributed by atoms with Crippen molar-refractivity contribution < 1.29 is 13.9 Å². The van der Waals surface area contributed by atoms with Crippen LogP contribution >= 0.6 is 0 Å². The molecule has 5 nitrogen and oxygen atoms in total. The fourth-order valence-electron chi connectivity index (χ4n) is 3.45. The van der Waals surface area contributed by atoms with Gasteiger partial charge in [-0.1, -0.05) is 44.2 Å². The molecule has 26 heavy (non-hydrogen) atoms. The lowest BCUT2D eigenvalue weighted by atomic mass is 9.81. The Morgan fingerprint density at radius 1 is 1.15 bits per heavy atom. The Kier molecular flexibility index (Phi) is 6.12. The molecular formula is C21H28N2O3. The van der Waals surface area contributed by atoms with Crippen LogP contribution in [0.25, 0.3) is 0 Å². The summed E-state index contributed by atoms with van der Waals surface area (Å²) in [4.78, 5) is 14.9. The summed E-state index contributed by atoms with van der Waals surface area (Å²) in [5.74, 6) is 0.943. The van der Waals surface area contributed by atoms with Crippen LogP contribution in [-0.2, 0) is 14.9 Å². The topological polar surface area (TPSA) is 54.7 Å². The van der Waals surface area contributed by atoms with Crippen molar-refractivity contribution in [1.29, 1.82) is 0 Å². The van der Waals surface area contributed by atoms with Crippen molar-refractivity contribution in [2.75, 3.05) is 32.8 Å². The molecule has 0 spiro atoms. The number of carbonyl (C=O) groups excluding carboxylic acids is 1. The van der Waals surface area contributed by atoms with Crippen LogP contribution in [0.2, 0.25) is 0 Å². The first-order valence-electron chi connectivity index (χ1n) is 9.24. The van der Waals surface area contributed by atoms with Gasteiger partial charge in [0, 0.05) is 26.1 Å². The largest absolute Gasteiger partial charge is 0.468 e. The smallest absolute Gasteiger partial charge is 0.220 e. The summed E-state index contributed by atoms with van der Waals surface area (Å²) >= 11 is 0. The third-order valence-corrected chi connectivity index (χ3v) is 5.01. The van der Waals surface area contributed by atoms with Crippen LogP contribution < -0.4 is 5.32 Å². The molecule has 1 aromatic carbocycles. The molecule has 1 aromatic heterocycles. The second kappa shape index (κ2) is 8.52. The Bertz CT molecular complexity index is 677. The zero-order valence-corrected chi connectivity index (χ0v) is 15.6. The van der Waals surface area contributed by atoms with Gasteiger partial charge in [0.15, 0.2) is 0 Å². The molecule has 1 unspecified atom stereocenters. The normalized spacial score (nSPS) is 17.0. The number of hydrogen-bond donors (Lipinski definition) is 1. The molecule has 3 rings (SSSR count). The standard InChI is InChI=1S/C21H28N2O3/c1-21(2,17-7-4-3-5-8-17)15-20(24)22-16-18(19-9-6-12-26-19)23-10-13-25-14-11-23/h3-9,12,18H,10-11,13-16H2,1-2H3,(H,22,24). The van der Waals surface area contributed by atoms with Gasteiger partial charge in [0.1, 0.15) is 5.76 Å². The molecule has 0 saturated carbocycles. The number of hydrogen-bond acceptors (Lipinski definition) is 4. The molecule has 1 saturated heterocycles. The van der Waals surface area contributed by atoms with Crippen molar-refractivity contribution >= 4 is 5.91 Å². The van der Waals surface area contributed by atoms with Crippen LogP contribution in [0, 0.1) is 0 Å². The van der Waals surface area contributed by atoms with Crippen molar-refractivity contribution in [3.63, 3.8) is 0 Å². The first kappa shape index (κ1) is 18.7. The van der Waals surface area contributed by atoms with E-state index in [2.05, 4.69) is 36.2 Å². The highest BCUT2D eigenvalue weighted by Gasteiger charge is 2.27. The first-order chi connectivity index (χ1) is 12.6. The molecule has 1 aliphatic heterocycles. The molecule has 0 aliphatic carbocycles. The molecule has 1 atom stereocenters. The minimum absolute atomic E-state index is 0.0395. The van der Waals surface area contributed by atoms with E-state index in [-0.39, 0.29) is 17.4 Å². The summed E-state index contributed by atoms with van der Waals surface area (Å²) < 4.78 is 11.1. The van der Waals surface area contributed by atoms with E-state index >= 15 is 0 Å². The van der Waals surface area contributed by atoms with Crippen LogP contribution in [0.5, 0.6) is 0 Å². The van der Waals surface area contributed by atoms with Crippen LogP contribution in [0.4, 0.5) is 0 Å². The molecular weight excluding hydrogens is 328 g/mol. The minimum Gasteiger partial charge on any atom is -0.468 e. The number of benzene rings is 1. The van der Waals surface area contributed by atoms with E-state index < -0.39 is 0 Å². The van der Waals surface area contributed by atoms with Gasteiger partial charge in [0.05, 0.1) is 25.5 Å². The lowest BCUT2D eigenvalue weighted by molar-refractivity contribution is -0.122. The predicted octanol–water partition coefficient (Wildman–Crippen LogP) is 3.14. The van der Waals surface area contributed by atoms with E-state index in [0.29, 0.717) is 26.2 Å². The Morgan fingerprint density at radius 3 is 2.54 bits per heavy atom. The van der Waals surface area contributed by atoms with Gasteiger partial charge in [-0.2, -0.15) is 0 Å². The van der Waals surface area contributed by atoms with Crippen molar-refractivity contribution in [3.05, 3.63) is 60.1 Å². The molecule has 140 valence electrons. The van der Waals surface area contributed by atoms with Gasteiger partial charge < -0.3 is 14.5 Å². The van der Waals surface area contributed by atoms with Gasteiger partial charge in [-0.15, -0.1) is 0 Å². The second-order valence-electron chi connectivity index (χ2n) is 7.41. The number of ether oxygens (including phenoxy) is 1. The summed E-state index contributed by atoms with van der Waals surface area (Å²) in [6.07, 6.45) is 2.13. The lowest BCUT2D eigenvalue weighted by Gasteiger charge is -2.33. The zero-order valence-electron chi connectivity index (χ0n) is 15.6. The molecule has 1 fully saturated rings. The molecule has 0 radical (unpaired) electrons. The maximum absolute atomic E-state index is 12.6. The van der Waals surface area contributed by atoms with Gasteiger partial charge in [0.25, 0.3) is 0 Å². The van der Waals surface area contributed by atoms with E-state index in [1.165, 1.54) is 5.56 Å². The number of nitrogens with one attached hydrogen (secondary N) is 1. The summed E-state index contributed by atoms with van der Waals surface area (Å²) in [5, 5.41) is 3.11. The number of nitrogens with zero attached hydrogens (tertiary/aromatic N) is 1. The molecule has 1 N–H and O–H groups in total. The molecule has 1 aliphatic rings. The van der Waals surface area contributed by atoms with Gasteiger partial charge in [0.2, 0.25) is 5.91 Å². The van der Waals surface area contributed by atoms with Gasteiger partial charge in [-0.05, 0) is 23.1 Å². The number of carbonyl (C=O) groups is 1. The zero-order chi connectivity index (χ0) is 18.4. The maximum Gasteiger partial charge on any atom is 0.220 e. The van der Waals surface area contributed by atoms with Crippen molar-refractivity contribution in [2.24, 2.45) is 0 Å². The van der Waals surface area contributed by atoms with E-state index in [0.717, 1.165) is 18.8 Å². The lowest BCUT2D eigenvalue weighted by Crippen LogP contribution is -2.44. The minimum atomic E-state index is -0.204. The van der Waals surface area contributed by atoms with Crippen LogP contribution in [0.1, 0.15) is 37.6 Å². The predicted molar refractivity (Wildman–Crippen MR) is 101 cm³/mol. The summed E-state index contributed by atoms with van der Waals surface area (Å²) in [6, 6.07) is 14.1. The maximum atomic E-state index is 12.6. The highest BCUT2D eigenvalue weighted by molar-refractivity contribution is 5.77. The van der Waals surface area contributed by atoms with Crippen LogP contribution in [-0.4, -0.2) is 43.7 Å². The number of amides is 1. The fraction of sp³-hybridized carbons (Fsp3) is 0.476. The molecule has 2 aromatic rings. The molecule has 0 bridgehead atoms. The SMILES string of the molecule is CC(C)(CC(=O)NCC(c1ccco1)N1CCOCC1)c1ccccc1. The molecule has 1 amide bonds. The fourth-order valence-corrected chi connectivity index (χ4v) is 3.45. The van der Waals surface area contributed by atoms with Crippen LogP contribution in [0.3, 0.4) is 0 Å². The Balaban J connectivity index is 1.60. The quantitative estimate of drug-likeness (QED) is 0.828. The van der Waals surface area contributed by atoms with E-state index in [9.17, 15) is 4.79 Å². The average molecular weight is 356 g/mol. The van der Waals surface area contributed by atoms with Gasteiger partial charge in [-0.3, -0.25) is 9.69 Å². The highest BCUT2D eigenvalue weighted by Crippen LogP contribution is 2.27. The molecule has 2 heterocycles. The number of furan rings is 1. The molecule has 5 heteroatoms. The Labute approximate surface area is 155 Å². The number of rotatable bonds is 7. The van der Waals surface area contributed by atoms with Crippen molar-refractivity contribution in [1.82, 2.24) is 10.2 Å². The second-order valence-corrected chi connectivity index (χ2v) is 7.41. The van der Waals surface area contributed by atoms with E-state index in [1.807, 2.05) is 30.3 Å². The average Bonchev–Trinajstić information content (AvgIpc) is 3.17. The Hall–Kier alpha value is -2.11. The van der Waals surface area contributed by atoms with Gasteiger partial charge in [-0.25, -0.2) is 0 Å². The Morgan fingerprint density at radius 2 is 1.88 bits per heavy atom. The summed E-state index contributed by atoms with van der Waals surface area (Å²) in [7, 11) is 0. The summed E-state index contributed by atoms with van der Waals surface area (Å²) in [6.45, 7) is 7.87.